The minimum absolute atomic E-state index is 0.362. The first-order valence-electron chi connectivity index (χ1n) is 9.08. The van der Waals surface area contributed by atoms with Crippen molar-refractivity contribution < 1.29 is 9.53 Å². The third-order valence-corrected chi connectivity index (χ3v) is 5.61. The average molecular weight is 437 g/mol. The van der Waals surface area contributed by atoms with Gasteiger partial charge in [0.1, 0.15) is 0 Å². The molecule has 0 aliphatic rings. The van der Waals surface area contributed by atoms with Crippen LogP contribution >= 0.6 is 23.4 Å². The van der Waals surface area contributed by atoms with E-state index in [2.05, 4.69) is 15.2 Å². The van der Waals surface area contributed by atoms with Crippen molar-refractivity contribution in [3.63, 3.8) is 0 Å². The molecule has 0 bridgehead atoms. The van der Waals surface area contributed by atoms with Crippen LogP contribution in [0, 0.1) is 0 Å². The monoisotopic (exact) mass is 436 g/mol. The smallest absolute Gasteiger partial charge is 0.338 e. The molecule has 0 amide bonds. The lowest BCUT2D eigenvalue weighted by molar-refractivity contribution is 0.0600. The Bertz CT molecular complexity index is 1180. The second-order valence-electron chi connectivity index (χ2n) is 6.30. The molecule has 0 aliphatic heterocycles. The fraction of sp³-hybridized carbons (Fsp3) is 0.0909. The Morgan fingerprint density at radius 2 is 1.97 bits per heavy atom. The minimum atomic E-state index is -0.362. The van der Waals surface area contributed by atoms with E-state index in [1.165, 1.54) is 18.9 Å². The predicted octanol–water partition coefficient (Wildman–Crippen LogP) is 5.06. The maximum absolute atomic E-state index is 12.1. The van der Waals surface area contributed by atoms with Crippen LogP contribution in [-0.4, -0.2) is 32.8 Å². The van der Waals surface area contributed by atoms with Crippen molar-refractivity contribution in [3.05, 3.63) is 89.2 Å². The Morgan fingerprint density at radius 3 is 2.73 bits per heavy atom. The highest BCUT2D eigenvalue weighted by molar-refractivity contribution is 7.98. The van der Waals surface area contributed by atoms with Crippen molar-refractivity contribution in [2.75, 3.05) is 7.11 Å². The Balaban J connectivity index is 1.73. The first kappa shape index (κ1) is 20.1. The lowest BCUT2D eigenvalue weighted by Crippen LogP contribution is -2.05. The van der Waals surface area contributed by atoms with Gasteiger partial charge in [0.15, 0.2) is 11.0 Å². The molecule has 0 unspecified atom stereocenters. The standard InChI is InChI=1S/C22H17ClN4O2S/c1-29-21(28)19-10-3-2-6-16(19)14-30-22-26-25-20(15-7-5-11-24-13-15)27(22)18-9-4-8-17(23)12-18/h2-13H,14H2,1H3. The Labute approximate surface area is 182 Å². The number of nitrogens with zero attached hydrogens (tertiary/aromatic N) is 4. The second kappa shape index (κ2) is 9.11. The number of carbonyl (C=O) groups excluding carboxylic acids is 1. The van der Waals surface area contributed by atoms with Crippen LogP contribution in [-0.2, 0) is 10.5 Å². The number of halogens is 1. The molecule has 0 N–H and O–H groups in total. The summed E-state index contributed by atoms with van der Waals surface area (Å²) in [6.07, 6.45) is 3.45. The zero-order valence-electron chi connectivity index (χ0n) is 16.0. The zero-order valence-corrected chi connectivity index (χ0v) is 17.6. The molecule has 4 rings (SSSR count). The van der Waals surface area contributed by atoms with E-state index in [0.717, 1.165) is 16.8 Å². The van der Waals surface area contributed by atoms with Gasteiger partial charge in [0.05, 0.1) is 18.4 Å². The number of pyridine rings is 1. The third kappa shape index (κ3) is 4.22. The van der Waals surface area contributed by atoms with Crippen molar-refractivity contribution >= 4 is 29.3 Å². The van der Waals surface area contributed by atoms with Gasteiger partial charge in [-0.1, -0.05) is 47.6 Å². The van der Waals surface area contributed by atoms with Crippen molar-refractivity contribution in [3.8, 4) is 17.1 Å². The third-order valence-electron chi connectivity index (χ3n) is 4.40. The lowest BCUT2D eigenvalue weighted by atomic mass is 10.1. The maximum Gasteiger partial charge on any atom is 0.338 e. The number of esters is 1. The SMILES string of the molecule is COC(=O)c1ccccc1CSc1nnc(-c2cccnc2)n1-c1cccc(Cl)c1. The van der Waals surface area contributed by atoms with Gasteiger partial charge < -0.3 is 4.74 Å². The van der Waals surface area contributed by atoms with Crippen LogP contribution in [0.2, 0.25) is 5.02 Å². The molecule has 150 valence electrons. The summed E-state index contributed by atoms with van der Waals surface area (Å²) in [5.41, 5.74) is 3.08. The summed E-state index contributed by atoms with van der Waals surface area (Å²) in [6.45, 7) is 0. The first-order chi connectivity index (χ1) is 14.7. The molecule has 0 spiro atoms. The van der Waals surface area contributed by atoms with E-state index < -0.39 is 0 Å². The number of benzene rings is 2. The quantitative estimate of drug-likeness (QED) is 0.311. The van der Waals surface area contributed by atoms with Crippen LogP contribution < -0.4 is 0 Å². The van der Waals surface area contributed by atoms with E-state index in [9.17, 15) is 4.79 Å². The number of rotatable bonds is 6. The minimum Gasteiger partial charge on any atom is -0.465 e. The molecule has 0 fully saturated rings. The summed E-state index contributed by atoms with van der Waals surface area (Å²) in [4.78, 5) is 16.3. The van der Waals surface area contributed by atoms with Crippen LogP contribution in [0.3, 0.4) is 0 Å². The summed E-state index contributed by atoms with van der Waals surface area (Å²) in [5.74, 6) is 0.824. The van der Waals surface area contributed by atoms with Crippen molar-refractivity contribution in [1.29, 1.82) is 0 Å². The zero-order chi connectivity index (χ0) is 20.9. The molecule has 0 saturated carbocycles. The molecular weight excluding hydrogens is 420 g/mol. The number of thioether (sulfide) groups is 1. The molecule has 2 aromatic carbocycles. The Kier molecular flexibility index (Phi) is 6.11. The lowest BCUT2D eigenvalue weighted by Gasteiger charge is -2.11. The Morgan fingerprint density at radius 1 is 1.10 bits per heavy atom. The maximum atomic E-state index is 12.1. The number of aromatic nitrogens is 4. The number of hydrogen-bond acceptors (Lipinski definition) is 6. The highest BCUT2D eigenvalue weighted by atomic mass is 35.5. The van der Waals surface area contributed by atoms with E-state index in [0.29, 0.717) is 27.3 Å². The highest BCUT2D eigenvalue weighted by Gasteiger charge is 2.18. The summed E-state index contributed by atoms with van der Waals surface area (Å²) >= 11 is 7.71. The van der Waals surface area contributed by atoms with Crippen LogP contribution in [0.5, 0.6) is 0 Å². The van der Waals surface area contributed by atoms with E-state index >= 15 is 0 Å². The summed E-state index contributed by atoms with van der Waals surface area (Å²) < 4.78 is 6.83. The number of ether oxygens (including phenoxy) is 1. The van der Waals surface area contributed by atoms with Gasteiger partial charge in [-0.15, -0.1) is 10.2 Å². The number of methoxy groups -OCH3 is 1. The van der Waals surface area contributed by atoms with Crippen molar-refractivity contribution in [1.82, 2.24) is 19.7 Å². The molecule has 2 heterocycles. The average Bonchev–Trinajstić information content (AvgIpc) is 3.22. The van der Waals surface area contributed by atoms with Gasteiger partial charge in [-0.3, -0.25) is 9.55 Å². The summed E-state index contributed by atoms with van der Waals surface area (Å²) in [7, 11) is 1.38. The van der Waals surface area contributed by atoms with Crippen LogP contribution in [0.1, 0.15) is 15.9 Å². The van der Waals surface area contributed by atoms with Gasteiger partial charge in [-0.25, -0.2) is 4.79 Å². The van der Waals surface area contributed by atoms with Crippen molar-refractivity contribution in [2.45, 2.75) is 10.9 Å². The van der Waals surface area contributed by atoms with Gasteiger partial charge >= 0.3 is 5.97 Å². The largest absolute Gasteiger partial charge is 0.465 e. The molecule has 0 atom stereocenters. The first-order valence-corrected chi connectivity index (χ1v) is 10.4. The van der Waals surface area contributed by atoms with E-state index in [-0.39, 0.29) is 5.97 Å². The van der Waals surface area contributed by atoms with Gasteiger partial charge in [-0.05, 0) is 42.0 Å². The molecule has 4 aromatic rings. The molecule has 0 radical (unpaired) electrons. The second-order valence-corrected chi connectivity index (χ2v) is 7.68. The van der Waals surface area contributed by atoms with Crippen LogP contribution in [0.4, 0.5) is 0 Å². The fourth-order valence-corrected chi connectivity index (χ4v) is 4.13. The fourth-order valence-electron chi connectivity index (χ4n) is 2.99. The predicted molar refractivity (Wildman–Crippen MR) is 117 cm³/mol. The molecule has 6 nitrogen and oxygen atoms in total. The topological polar surface area (TPSA) is 69.9 Å². The van der Waals surface area contributed by atoms with Gasteiger partial charge in [0.25, 0.3) is 0 Å². The van der Waals surface area contributed by atoms with Crippen LogP contribution in [0.15, 0.2) is 78.2 Å². The van der Waals surface area contributed by atoms with E-state index in [1.807, 2.05) is 59.2 Å². The van der Waals surface area contributed by atoms with Crippen LogP contribution in [0.25, 0.3) is 17.1 Å². The highest BCUT2D eigenvalue weighted by Crippen LogP contribution is 2.31. The van der Waals surface area contributed by atoms with Gasteiger partial charge in [0.2, 0.25) is 0 Å². The van der Waals surface area contributed by atoms with Gasteiger partial charge in [0, 0.05) is 28.7 Å². The number of hydrogen-bond donors (Lipinski definition) is 0. The molecule has 0 aliphatic carbocycles. The summed E-state index contributed by atoms with van der Waals surface area (Å²) in [6, 6.07) is 18.7. The van der Waals surface area contributed by atoms with Crippen molar-refractivity contribution in [2.24, 2.45) is 0 Å². The molecule has 30 heavy (non-hydrogen) atoms. The van der Waals surface area contributed by atoms with E-state index in [4.69, 9.17) is 16.3 Å². The Hall–Kier alpha value is -3.16. The van der Waals surface area contributed by atoms with Gasteiger partial charge in [-0.2, -0.15) is 0 Å². The molecule has 8 heteroatoms. The summed E-state index contributed by atoms with van der Waals surface area (Å²) in [5, 5.41) is 10.1. The normalized spacial score (nSPS) is 10.7. The molecule has 0 saturated heterocycles. The molecule has 2 aromatic heterocycles. The van der Waals surface area contributed by atoms with E-state index in [1.54, 1.807) is 18.5 Å². The molecular formula is C22H17ClN4O2S. The number of carbonyl (C=O) groups is 1.